The highest BCUT2D eigenvalue weighted by molar-refractivity contribution is 5.94. The van der Waals surface area contributed by atoms with Gasteiger partial charge in [0.05, 0.1) is 6.10 Å². The number of carbonyl (C=O) groups is 2. The van der Waals surface area contributed by atoms with Gasteiger partial charge in [-0.2, -0.15) is 0 Å². The Morgan fingerprint density at radius 1 is 1.03 bits per heavy atom. The molecule has 1 N–H and O–H groups in total. The molecular weight excluding hydrogens is 388 g/mol. The topological polar surface area (TPSA) is 58.6 Å². The first-order valence-electron chi connectivity index (χ1n) is 11.3. The molecule has 0 radical (unpaired) electrons. The summed E-state index contributed by atoms with van der Waals surface area (Å²) in [6, 6.07) is 12.6. The smallest absolute Gasteiger partial charge is 0.228 e. The zero-order valence-corrected chi connectivity index (χ0v) is 19.5. The molecular formula is C26H36N2O3. The van der Waals surface area contributed by atoms with Crippen LogP contribution >= 0.6 is 0 Å². The van der Waals surface area contributed by atoms with E-state index in [2.05, 4.69) is 62.5 Å². The first kappa shape index (κ1) is 23.1. The minimum absolute atomic E-state index is 0.251. The van der Waals surface area contributed by atoms with Gasteiger partial charge in [0.25, 0.3) is 0 Å². The van der Waals surface area contributed by atoms with Crippen molar-refractivity contribution < 1.29 is 14.3 Å². The van der Waals surface area contributed by atoms with Crippen LogP contribution in [0.15, 0.2) is 36.4 Å². The van der Waals surface area contributed by atoms with E-state index in [9.17, 15) is 9.59 Å². The van der Waals surface area contributed by atoms with E-state index in [-0.39, 0.29) is 18.2 Å². The summed E-state index contributed by atoms with van der Waals surface area (Å²) >= 11 is 0. The van der Waals surface area contributed by atoms with Crippen LogP contribution in [0.1, 0.15) is 59.8 Å². The van der Waals surface area contributed by atoms with E-state index in [1.165, 1.54) is 19.8 Å². The Morgan fingerprint density at radius 3 is 2.32 bits per heavy atom. The number of nitrogens with zero attached hydrogens (tertiary/aromatic N) is 1. The van der Waals surface area contributed by atoms with E-state index in [1.54, 1.807) is 0 Å². The summed E-state index contributed by atoms with van der Waals surface area (Å²) < 4.78 is 6.32. The third-order valence-corrected chi connectivity index (χ3v) is 6.43. The predicted octanol–water partition coefficient (Wildman–Crippen LogP) is 5.31. The number of hydrogen-bond donors (Lipinski definition) is 1. The number of anilines is 1. The Bertz CT molecular complexity index is 924. The molecule has 0 saturated heterocycles. The van der Waals surface area contributed by atoms with Crippen molar-refractivity contribution in [1.82, 2.24) is 5.32 Å². The monoisotopic (exact) mass is 424 g/mol. The standard InChI is InChI=1S/C26H36N2O3/c1-18(29)27-25(30)14-15-28(5)22-10-6-20-17-24(11-7-19(20)16-22)31-23-12-8-21(9-13-23)26(2,3)4/h6-7,10-11,16-17,21,23H,8-9,12-15H2,1-5H3,(H,27,29,30). The van der Waals surface area contributed by atoms with Crippen LogP contribution in [0.4, 0.5) is 5.69 Å². The van der Waals surface area contributed by atoms with E-state index < -0.39 is 0 Å². The summed E-state index contributed by atoms with van der Waals surface area (Å²) in [5.74, 6) is 1.15. The van der Waals surface area contributed by atoms with Gasteiger partial charge < -0.3 is 9.64 Å². The van der Waals surface area contributed by atoms with Gasteiger partial charge in [-0.1, -0.05) is 32.9 Å². The van der Waals surface area contributed by atoms with Gasteiger partial charge in [-0.25, -0.2) is 0 Å². The molecule has 1 aliphatic rings. The maximum Gasteiger partial charge on any atom is 0.228 e. The highest BCUT2D eigenvalue weighted by Gasteiger charge is 2.30. The number of rotatable bonds is 6. The molecule has 0 unspecified atom stereocenters. The highest BCUT2D eigenvalue weighted by Crippen LogP contribution is 2.39. The molecule has 31 heavy (non-hydrogen) atoms. The maximum absolute atomic E-state index is 11.7. The number of carbonyl (C=O) groups excluding carboxylic acids is 2. The van der Waals surface area contributed by atoms with Gasteiger partial charge in [0.1, 0.15) is 5.75 Å². The van der Waals surface area contributed by atoms with E-state index in [0.717, 1.165) is 41.0 Å². The lowest BCUT2D eigenvalue weighted by molar-refractivity contribution is -0.129. The zero-order chi connectivity index (χ0) is 22.6. The number of benzene rings is 2. The molecule has 1 fully saturated rings. The maximum atomic E-state index is 11.7. The van der Waals surface area contributed by atoms with Crippen LogP contribution in [-0.2, 0) is 9.59 Å². The number of fused-ring (bicyclic) bond motifs is 1. The van der Waals surface area contributed by atoms with Crippen LogP contribution < -0.4 is 15.0 Å². The molecule has 1 saturated carbocycles. The molecule has 2 aromatic carbocycles. The highest BCUT2D eigenvalue weighted by atomic mass is 16.5. The number of nitrogens with one attached hydrogen (secondary N) is 1. The molecule has 5 heteroatoms. The van der Waals surface area contributed by atoms with Gasteiger partial charge in [-0.05, 0) is 72.1 Å². The molecule has 2 aromatic rings. The summed E-state index contributed by atoms with van der Waals surface area (Å²) in [4.78, 5) is 24.7. The van der Waals surface area contributed by atoms with Gasteiger partial charge in [-0.3, -0.25) is 14.9 Å². The number of imide groups is 1. The Kier molecular flexibility index (Phi) is 7.24. The van der Waals surface area contributed by atoms with Crippen LogP contribution in [0.5, 0.6) is 5.75 Å². The summed E-state index contributed by atoms with van der Waals surface area (Å²) in [6.45, 7) is 8.92. The normalized spacial score (nSPS) is 19.1. The van der Waals surface area contributed by atoms with Gasteiger partial charge in [0, 0.05) is 32.6 Å². The van der Waals surface area contributed by atoms with Gasteiger partial charge in [-0.15, -0.1) is 0 Å². The van der Waals surface area contributed by atoms with Crippen molar-refractivity contribution in [2.45, 2.75) is 65.9 Å². The average molecular weight is 425 g/mol. The van der Waals surface area contributed by atoms with Crippen molar-refractivity contribution in [3.8, 4) is 5.75 Å². The van der Waals surface area contributed by atoms with Crippen molar-refractivity contribution in [2.75, 3.05) is 18.5 Å². The van der Waals surface area contributed by atoms with Crippen molar-refractivity contribution in [3.63, 3.8) is 0 Å². The van der Waals surface area contributed by atoms with Crippen LogP contribution in [0.25, 0.3) is 10.8 Å². The third kappa shape index (κ3) is 6.46. The van der Waals surface area contributed by atoms with E-state index in [1.807, 2.05) is 11.9 Å². The fraction of sp³-hybridized carbons (Fsp3) is 0.538. The lowest BCUT2D eigenvalue weighted by Crippen LogP contribution is -2.31. The first-order valence-corrected chi connectivity index (χ1v) is 11.3. The quantitative estimate of drug-likeness (QED) is 0.682. The Labute approximate surface area is 186 Å². The number of hydrogen-bond acceptors (Lipinski definition) is 4. The minimum Gasteiger partial charge on any atom is -0.490 e. The van der Waals surface area contributed by atoms with Crippen LogP contribution in [-0.4, -0.2) is 31.5 Å². The molecule has 5 nitrogen and oxygen atoms in total. The van der Waals surface area contributed by atoms with E-state index in [4.69, 9.17) is 4.74 Å². The SMILES string of the molecule is CC(=O)NC(=O)CCN(C)c1ccc2cc(OC3CCC(C(C)(C)C)CC3)ccc2c1. The second-order valence-electron chi connectivity index (χ2n) is 9.93. The average Bonchev–Trinajstić information content (AvgIpc) is 2.71. The molecule has 1 aliphatic carbocycles. The second kappa shape index (κ2) is 9.71. The van der Waals surface area contributed by atoms with Crippen molar-refractivity contribution in [3.05, 3.63) is 36.4 Å². The lowest BCUT2D eigenvalue weighted by Gasteiger charge is -2.37. The molecule has 0 spiro atoms. The van der Waals surface area contributed by atoms with Crippen LogP contribution in [0.2, 0.25) is 0 Å². The number of amides is 2. The Morgan fingerprint density at radius 2 is 1.68 bits per heavy atom. The third-order valence-electron chi connectivity index (χ3n) is 6.43. The molecule has 0 aliphatic heterocycles. The summed E-state index contributed by atoms with van der Waals surface area (Å²) in [7, 11) is 1.95. The molecule has 168 valence electrons. The first-order chi connectivity index (χ1) is 14.6. The van der Waals surface area contributed by atoms with E-state index >= 15 is 0 Å². The van der Waals surface area contributed by atoms with Gasteiger partial charge >= 0.3 is 0 Å². The summed E-state index contributed by atoms with van der Waals surface area (Å²) in [6.07, 6.45) is 5.31. The fourth-order valence-electron chi connectivity index (χ4n) is 4.42. The molecule has 0 bridgehead atoms. The van der Waals surface area contributed by atoms with E-state index in [0.29, 0.717) is 18.1 Å². The van der Waals surface area contributed by atoms with Gasteiger partial charge in [0.15, 0.2) is 0 Å². The molecule has 0 aromatic heterocycles. The Hall–Kier alpha value is -2.56. The van der Waals surface area contributed by atoms with Gasteiger partial charge in [0.2, 0.25) is 11.8 Å². The zero-order valence-electron chi connectivity index (χ0n) is 19.5. The van der Waals surface area contributed by atoms with Crippen LogP contribution in [0.3, 0.4) is 0 Å². The van der Waals surface area contributed by atoms with Crippen molar-refractivity contribution in [1.29, 1.82) is 0 Å². The van der Waals surface area contributed by atoms with Crippen molar-refractivity contribution in [2.24, 2.45) is 11.3 Å². The molecule has 3 rings (SSSR count). The summed E-state index contributed by atoms with van der Waals surface area (Å²) in [5, 5.41) is 4.60. The van der Waals surface area contributed by atoms with Crippen LogP contribution in [0, 0.1) is 11.3 Å². The predicted molar refractivity (Wildman–Crippen MR) is 126 cm³/mol. The molecule has 2 amide bonds. The molecule has 0 atom stereocenters. The second-order valence-corrected chi connectivity index (χ2v) is 9.93. The van der Waals surface area contributed by atoms with Crippen molar-refractivity contribution >= 4 is 28.3 Å². The minimum atomic E-state index is -0.321. The largest absolute Gasteiger partial charge is 0.490 e. The summed E-state index contributed by atoms with van der Waals surface area (Å²) in [5.41, 5.74) is 1.42. The lowest BCUT2D eigenvalue weighted by atomic mass is 9.72. The molecule has 0 heterocycles. The number of ether oxygens (including phenoxy) is 1. The fourth-order valence-corrected chi connectivity index (χ4v) is 4.42. The Balaban J connectivity index is 1.59.